The molecule has 0 aromatic heterocycles. The summed E-state index contributed by atoms with van der Waals surface area (Å²) in [6.45, 7) is 0.0217. The van der Waals surface area contributed by atoms with E-state index in [4.69, 9.17) is 30.5 Å². The number of hydrogen-bond acceptors (Lipinski definition) is 6. The van der Waals surface area contributed by atoms with Gasteiger partial charge in [0.2, 0.25) is 0 Å². The Bertz CT molecular complexity index is 326. The van der Waals surface area contributed by atoms with Gasteiger partial charge >= 0.3 is 29.6 Å². The average molecular weight is 387 g/mol. The van der Waals surface area contributed by atoms with Crippen molar-refractivity contribution in [1.29, 1.82) is 0 Å². The minimum absolute atomic E-state index is 0. The van der Waals surface area contributed by atoms with Crippen molar-refractivity contribution in [3.63, 3.8) is 0 Å². The summed E-state index contributed by atoms with van der Waals surface area (Å²) in [5.74, 6) is 0.0724. The molecule has 0 radical (unpaired) electrons. The van der Waals surface area contributed by atoms with Gasteiger partial charge in [0.1, 0.15) is 25.8 Å². The molecule has 92 valence electrons. The Hall–Kier alpha value is 0.840. The SMILES string of the molecule is OCCc1cccc(Cl)c1O.[Na+].[O-][I+3]([O-])([O-])[O-]. The molecule has 0 amide bonds. The van der Waals surface area contributed by atoms with Gasteiger partial charge in [0.05, 0.1) is 5.02 Å². The van der Waals surface area contributed by atoms with Gasteiger partial charge in [-0.1, -0.05) is 23.7 Å². The zero-order valence-corrected chi connectivity index (χ0v) is 13.8. The predicted octanol–water partition coefficient (Wildman–Crippen LogP) is -9.17. The van der Waals surface area contributed by atoms with Crippen molar-refractivity contribution in [2.45, 2.75) is 6.42 Å². The summed E-state index contributed by atoms with van der Waals surface area (Å²) in [5, 5.41) is 18.2. The van der Waals surface area contributed by atoms with Crippen molar-refractivity contribution in [2.75, 3.05) is 6.61 Å². The van der Waals surface area contributed by atoms with Gasteiger partial charge in [-0.25, -0.2) is 0 Å². The molecule has 0 atom stereocenters. The molecule has 1 aromatic carbocycles. The molecule has 2 N–H and O–H groups in total. The number of para-hydroxylation sites is 1. The second-order valence-corrected chi connectivity index (χ2v) is 5.16. The molecule has 0 saturated carbocycles. The van der Waals surface area contributed by atoms with E-state index in [-0.39, 0.29) is 41.9 Å². The smallest absolute Gasteiger partial charge is 0.506 e. The molecule has 0 aliphatic rings. The fourth-order valence-electron chi connectivity index (χ4n) is 0.882. The molecule has 1 aromatic rings. The Labute approximate surface area is 131 Å². The Morgan fingerprint density at radius 3 is 2.06 bits per heavy atom. The van der Waals surface area contributed by atoms with E-state index in [2.05, 4.69) is 0 Å². The molecular formula is C8H9ClINaO6. The number of aromatic hydroxyl groups is 1. The largest absolute Gasteiger partial charge is 1.00 e. The van der Waals surface area contributed by atoms with Crippen molar-refractivity contribution >= 4 is 11.6 Å². The second-order valence-electron chi connectivity index (χ2n) is 2.60. The maximum absolute atomic E-state index is 9.29. The molecule has 0 fully saturated rings. The van der Waals surface area contributed by atoms with Crippen LogP contribution in [0, 0.1) is 0 Å². The van der Waals surface area contributed by atoms with E-state index in [9.17, 15) is 5.11 Å². The first-order chi connectivity index (χ1) is 7.25. The molecule has 9 heteroatoms. The van der Waals surface area contributed by atoms with Crippen LogP contribution in [0.2, 0.25) is 5.02 Å². The van der Waals surface area contributed by atoms with Crippen molar-refractivity contribution < 1.29 is 73.6 Å². The van der Waals surface area contributed by atoms with E-state index in [0.717, 1.165) is 0 Å². The van der Waals surface area contributed by atoms with Crippen molar-refractivity contribution in [2.24, 2.45) is 0 Å². The summed E-state index contributed by atoms with van der Waals surface area (Å²) in [4.78, 5) is 0. The van der Waals surface area contributed by atoms with E-state index in [0.29, 0.717) is 17.0 Å². The molecular weight excluding hydrogens is 377 g/mol. The monoisotopic (exact) mass is 386 g/mol. The van der Waals surface area contributed by atoms with E-state index in [1.54, 1.807) is 18.2 Å². The van der Waals surface area contributed by atoms with Gasteiger partial charge in [-0.05, 0) is 18.1 Å². The molecule has 0 aliphatic heterocycles. The third-order valence-electron chi connectivity index (χ3n) is 1.45. The van der Waals surface area contributed by atoms with Gasteiger partial charge in [-0.3, -0.25) is 13.7 Å². The molecule has 0 unspecified atom stereocenters. The van der Waals surface area contributed by atoms with E-state index < -0.39 is 20.1 Å². The third kappa shape index (κ3) is 11.7. The number of halogens is 2. The normalized spacial score (nSPS) is 10.0. The molecule has 1 rings (SSSR count). The average Bonchev–Trinajstić information content (AvgIpc) is 2.10. The molecule has 0 bridgehead atoms. The number of aliphatic hydroxyl groups is 1. The first kappa shape index (κ1) is 20.2. The van der Waals surface area contributed by atoms with Crippen LogP contribution in [0.3, 0.4) is 0 Å². The third-order valence-corrected chi connectivity index (χ3v) is 1.76. The Balaban J connectivity index is 0. The van der Waals surface area contributed by atoms with Crippen LogP contribution in [-0.4, -0.2) is 16.8 Å². The topological polar surface area (TPSA) is 133 Å². The van der Waals surface area contributed by atoms with E-state index in [1.807, 2.05) is 0 Å². The fourth-order valence-corrected chi connectivity index (χ4v) is 1.08. The first-order valence-electron chi connectivity index (χ1n) is 3.94. The van der Waals surface area contributed by atoms with Gasteiger partial charge in [-0.2, -0.15) is 0 Å². The van der Waals surface area contributed by atoms with E-state index >= 15 is 0 Å². The number of hydrogen-bond donors (Lipinski definition) is 2. The summed E-state index contributed by atoms with van der Waals surface area (Å²) in [7, 11) is 0. The van der Waals surface area contributed by atoms with Crippen LogP contribution < -0.4 is 63.4 Å². The maximum atomic E-state index is 9.29. The van der Waals surface area contributed by atoms with Crippen LogP contribution >= 0.6 is 11.6 Å². The predicted molar refractivity (Wildman–Crippen MR) is 43.9 cm³/mol. The molecule has 17 heavy (non-hydrogen) atoms. The van der Waals surface area contributed by atoms with Crippen LogP contribution in [0.15, 0.2) is 18.2 Å². The summed E-state index contributed by atoms with van der Waals surface area (Å²) in [6, 6.07) is 5.09. The quantitative estimate of drug-likeness (QED) is 0.383. The van der Waals surface area contributed by atoms with Crippen LogP contribution in [0.4, 0.5) is 0 Å². The van der Waals surface area contributed by atoms with Crippen LogP contribution in [-0.2, 0) is 6.42 Å². The standard InChI is InChI=1S/C8H9ClO2.IO4.Na/c9-7-3-1-2-6(4-5-10)8(7)11;2-1(3,4)5;/h1-3,10-11H,4-5H2;;/q;-1;+1. The van der Waals surface area contributed by atoms with Gasteiger partial charge in [0.25, 0.3) is 0 Å². The molecule has 0 spiro atoms. The summed E-state index contributed by atoms with van der Waals surface area (Å²) in [5.41, 5.74) is 0.681. The number of rotatable bonds is 2. The first-order valence-corrected chi connectivity index (χ1v) is 7.84. The Morgan fingerprint density at radius 2 is 1.65 bits per heavy atom. The molecule has 0 saturated heterocycles. The van der Waals surface area contributed by atoms with Gasteiger partial charge in [-0.15, -0.1) is 0 Å². The second kappa shape index (κ2) is 9.73. The van der Waals surface area contributed by atoms with Crippen molar-refractivity contribution in [3.05, 3.63) is 28.8 Å². The van der Waals surface area contributed by atoms with E-state index in [1.165, 1.54) is 0 Å². The minimum Gasteiger partial charge on any atom is -0.506 e. The van der Waals surface area contributed by atoms with Crippen LogP contribution in [0.5, 0.6) is 5.75 Å². The fraction of sp³-hybridized carbons (Fsp3) is 0.250. The summed E-state index contributed by atoms with van der Waals surface area (Å²) >= 11 is -0.322. The van der Waals surface area contributed by atoms with Gasteiger partial charge in [0.15, 0.2) is 0 Å². The molecule has 0 heterocycles. The zero-order valence-electron chi connectivity index (χ0n) is 8.93. The molecule has 0 aliphatic carbocycles. The maximum Gasteiger partial charge on any atom is 1.00 e. The minimum atomic E-state index is -5.94. The Morgan fingerprint density at radius 1 is 1.18 bits per heavy atom. The number of benzene rings is 1. The van der Waals surface area contributed by atoms with Gasteiger partial charge in [0, 0.05) is 6.61 Å². The number of aliphatic hydroxyl groups excluding tert-OH is 1. The van der Waals surface area contributed by atoms with Crippen molar-refractivity contribution in [3.8, 4) is 5.75 Å². The van der Waals surface area contributed by atoms with Gasteiger partial charge < -0.3 is 10.2 Å². The summed E-state index contributed by atoms with van der Waals surface area (Å²) < 4.78 is 34.5. The van der Waals surface area contributed by atoms with Crippen LogP contribution in [0.25, 0.3) is 0 Å². The summed E-state index contributed by atoms with van der Waals surface area (Å²) in [6.07, 6.45) is 0.437. The number of phenols is 1. The number of phenolic OH excluding ortho intramolecular Hbond substituents is 1. The van der Waals surface area contributed by atoms with Crippen LogP contribution in [0.1, 0.15) is 5.56 Å². The van der Waals surface area contributed by atoms with Crippen molar-refractivity contribution in [1.82, 2.24) is 0 Å². The molecule has 6 nitrogen and oxygen atoms in total. The Kier molecular flexibility index (Phi) is 11.5. The zero-order chi connectivity index (χ0) is 12.8.